The van der Waals surface area contributed by atoms with Crippen molar-refractivity contribution in [2.45, 2.75) is 26.1 Å². The number of benzene rings is 4. The quantitative estimate of drug-likeness (QED) is 0.166. The molecule has 2 heterocycles. The topological polar surface area (TPSA) is 158 Å². The maximum atomic E-state index is 13.2. The van der Waals surface area contributed by atoms with Crippen molar-refractivity contribution in [3.05, 3.63) is 120 Å². The molecule has 1 aliphatic heterocycles. The third-order valence-electron chi connectivity index (χ3n) is 7.83. The van der Waals surface area contributed by atoms with Gasteiger partial charge in [-0.2, -0.15) is 4.68 Å². The van der Waals surface area contributed by atoms with Gasteiger partial charge in [-0.05, 0) is 53.4 Å². The molecule has 50 heavy (non-hydrogen) atoms. The molecule has 2 amide bonds. The van der Waals surface area contributed by atoms with Crippen molar-refractivity contribution in [1.82, 2.24) is 15.1 Å². The summed E-state index contributed by atoms with van der Waals surface area (Å²) in [4.78, 5) is 38.2. The van der Waals surface area contributed by atoms with Crippen molar-refractivity contribution in [3.63, 3.8) is 0 Å². The van der Waals surface area contributed by atoms with E-state index in [0.717, 1.165) is 15.8 Å². The molecular formula is C36H35N5O8S. The molecule has 2 N–H and O–H groups in total. The van der Waals surface area contributed by atoms with Gasteiger partial charge in [0.2, 0.25) is 15.9 Å². The van der Waals surface area contributed by atoms with Gasteiger partial charge in [-0.1, -0.05) is 72.8 Å². The van der Waals surface area contributed by atoms with Crippen LogP contribution in [0.25, 0.3) is 10.9 Å². The minimum Gasteiger partial charge on any atom is -0.492 e. The van der Waals surface area contributed by atoms with E-state index in [1.807, 2.05) is 60.7 Å². The second-order valence-electron chi connectivity index (χ2n) is 11.4. The van der Waals surface area contributed by atoms with Crippen molar-refractivity contribution in [2.24, 2.45) is 0 Å². The number of hydrogen-bond donors (Lipinski definition) is 2. The second kappa shape index (κ2) is 15.6. The molecule has 14 heteroatoms. The number of fused-ring (bicyclic) bond motifs is 1. The van der Waals surface area contributed by atoms with Crippen LogP contribution in [0.2, 0.25) is 0 Å². The van der Waals surface area contributed by atoms with Crippen LogP contribution in [0.15, 0.2) is 103 Å². The summed E-state index contributed by atoms with van der Waals surface area (Å²) in [6.45, 7) is 0.977. The average Bonchev–Trinajstić information content (AvgIpc) is 3.68. The smallest absolute Gasteiger partial charge is 0.435 e. The van der Waals surface area contributed by atoms with E-state index in [1.165, 1.54) is 4.31 Å². The van der Waals surface area contributed by atoms with E-state index in [4.69, 9.17) is 14.2 Å². The summed E-state index contributed by atoms with van der Waals surface area (Å²) >= 11 is 0. The van der Waals surface area contributed by atoms with Gasteiger partial charge in [-0.15, -0.1) is 5.10 Å². The lowest BCUT2D eigenvalue weighted by Gasteiger charge is -2.17. The normalized spacial score (nSPS) is 13.5. The van der Waals surface area contributed by atoms with E-state index >= 15 is 0 Å². The number of sulfonamides is 1. The van der Waals surface area contributed by atoms with Crippen molar-refractivity contribution >= 4 is 50.5 Å². The van der Waals surface area contributed by atoms with E-state index in [0.29, 0.717) is 40.9 Å². The van der Waals surface area contributed by atoms with Gasteiger partial charge in [0.05, 0.1) is 29.9 Å². The van der Waals surface area contributed by atoms with Gasteiger partial charge in [-0.3, -0.25) is 9.10 Å². The van der Waals surface area contributed by atoms with Gasteiger partial charge in [0.1, 0.15) is 25.6 Å². The summed E-state index contributed by atoms with van der Waals surface area (Å²) in [6.07, 6.45) is -0.810. The highest BCUT2D eigenvalue weighted by atomic mass is 32.2. The molecule has 0 atom stereocenters. The Morgan fingerprint density at radius 2 is 1.48 bits per heavy atom. The first-order valence-electron chi connectivity index (χ1n) is 16.0. The van der Waals surface area contributed by atoms with Crippen LogP contribution < -0.4 is 19.7 Å². The Labute approximate surface area is 288 Å². The zero-order chi connectivity index (χ0) is 34.9. The molecule has 0 saturated carbocycles. The summed E-state index contributed by atoms with van der Waals surface area (Å²) in [5.74, 6) is 0.288. The number of amides is 2. The Bertz CT molecular complexity index is 2070. The maximum Gasteiger partial charge on any atom is 0.435 e. The van der Waals surface area contributed by atoms with Crippen LogP contribution in [0.5, 0.6) is 5.75 Å². The molecule has 258 valence electrons. The molecule has 0 unspecified atom stereocenters. The first-order valence-corrected chi connectivity index (χ1v) is 17.6. The third-order valence-corrected chi connectivity index (χ3v) is 9.70. The SMILES string of the molecule is O=C(Cc1ccc(OCCNC(=O)OCc2ccccc2)cc1)Nc1nn(C(=O)OCc2ccccc2)c2ccc(N3CCCS3(=O)=O)cc12. The maximum absolute atomic E-state index is 13.2. The fraction of sp³-hybridized carbons (Fsp3) is 0.222. The third kappa shape index (κ3) is 8.57. The Morgan fingerprint density at radius 3 is 2.14 bits per heavy atom. The molecule has 13 nitrogen and oxygen atoms in total. The molecule has 0 spiro atoms. The molecule has 1 aliphatic rings. The predicted molar refractivity (Wildman–Crippen MR) is 186 cm³/mol. The monoisotopic (exact) mass is 697 g/mol. The van der Waals surface area contributed by atoms with Crippen molar-refractivity contribution in [2.75, 3.05) is 35.1 Å². The number of carbonyl (C=O) groups excluding carboxylic acids is 3. The first kappa shape index (κ1) is 34.0. The molecule has 0 aliphatic carbocycles. The predicted octanol–water partition coefficient (Wildman–Crippen LogP) is 5.25. The number of nitrogens with one attached hydrogen (secondary N) is 2. The van der Waals surface area contributed by atoms with Gasteiger partial charge in [-0.25, -0.2) is 18.0 Å². The number of nitrogens with zero attached hydrogens (tertiary/aromatic N) is 3. The van der Waals surface area contributed by atoms with Crippen LogP contribution in [0.3, 0.4) is 0 Å². The highest BCUT2D eigenvalue weighted by molar-refractivity contribution is 7.93. The van der Waals surface area contributed by atoms with Gasteiger partial charge < -0.3 is 24.8 Å². The van der Waals surface area contributed by atoms with Crippen LogP contribution in [0.4, 0.5) is 21.1 Å². The van der Waals surface area contributed by atoms with E-state index < -0.39 is 28.1 Å². The molecule has 1 fully saturated rings. The fourth-order valence-electron chi connectivity index (χ4n) is 5.36. The van der Waals surface area contributed by atoms with Gasteiger partial charge in [0.15, 0.2) is 5.82 Å². The molecule has 6 rings (SSSR count). The minimum atomic E-state index is -3.47. The molecule has 0 radical (unpaired) electrons. The summed E-state index contributed by atoms with van der Waals surface area (Å²) < 4.78 is 44.0. The van der Waals surface area contributed by atoms with Crippen LogP contribution in [-0.4, -0.2) is 61.7 Å². The van der Waals surface area contributed by atoms with Crippen LogP contribution in [-0.2, 0) is 43.9 Å². The number of alkyl carbamates (subject to hydrolysis) is 1. The standard InChI is InChI=1S/C36H35N5O8S/c42-33(22-26-12-15-30(16-13-26)47-20-18-37-35(43)48-24-27-8-3-1-4-9-27)38-34-31-23-29(40-19-7-21-50(40,45)46)14-17-32(31)41(39-34)36(44)49-25-28-10-5-2-6-11-28/h1-6,8-17,23H,7,18-22,24-25H2,(H,37,43)(H,38,39,42). The number of anilines is 2. The molecule has 5 aromatic rings. The Hall–Kier alpha value is -5.89. The van der Waals surface area contributed by atoms with Crippen LogP contribution in [0.1, 0.15) is 23.1 Å². The molecule has 4 aromatic carbocycles. The number of rotatable bonds is 12. The highest BCUT2D eigenvalue weighted by Gasteiger charge is 2.29. The van der Waals surface area contributed by atoms with E-state index in [9.17, 15) is 22.8 Å². The Kier molecular flexibility index (Phi) is 10.6. The lowest BCUT2D eigenvalue weighted by atomic mass is 10.1. The van der Waals surface area contributed by atoms with E-state index in [2.05, 4.69) is 15.7 Å². The number of ether oxygens (including phenoxy) is 3. The summed E-state index contributed by atoms with van der Waals surface area (Å²) in [7, 11) is -3.47. The minimum absolute atomic E-state index is 0.0118. The summed E-state index contributed by atoms with van der Waals surface area (Å²) in [6, 6.07) is 30.3. The number of aromatic nitrogens is 2. The fourth-order valence-corrected chi connectivity index (χ4v) is 6.92. The van der Waals surface area contributed by atoms with Gasteiger partial charge >= 0.3 is 12.2 Å². The Morgan fingerprint density at radius 1 is 0.800 bits per heavy atom. The van der Waals surface area contributed by atoms with Crippen molar-refractivity contribution < 1.29 is 37.0 Å². The molecule has 1 aromatic heterocycles. The van der Waals surface area contributed by atoms with Gasteiger partial charge in [0, 0.05) is 11.9 Å². The van der Waals surface area contributed by atoms with E-state index in [1.54, 1.807) is 42.5 Å². The molecule has 1 saturated heterocycles. The Balaban J connectivity index is 1.07. The zero-order valence-electron chi connectivity index (χ0n) is 27.0. The zero-order valence-corrected chi connectivity index (χ0v) is 27.8. The summed E-state index contributed by atoms with van der Waals surface area (Å²) in [5, 5.41) is 10.2. The lowest BCUT2D eigenvalue weighted by Crippen LogP contribution is -2.28. The average molecular weight is 698 g/mol. The number of carbonyl (C=O) groups is 3. The lowest BCUT2D eigenvalue weighted by molar-refractivity contribution is -0.115. The van der Waals surface area contributed by atoms with Crippen LogP contribution >= 0.6 is 0 Å². The van der Waals surface area contributed by atoms with Crippen molar-refractivity contribution in [1.29, 1.82) is 0 Å². The van der Waals surface area contributed by atoms with E-state index in [-0.39, 0.29) is 44.4 Å². The summed E-state index contributed by atoms with van der Waals surface area (Å²) in [5.41, 5.74) is 3.13. The molecule has 0 bridgehead atoms. The number of hydrogen-bond acceptors (Lipinski definition) is 9. The first-order chi connectivity index (χ1) is 24.2. The van der Waals surface area contributed by atoms with Crippen molar-refractivity contribution in [3.8, 4) is 5.75 Å². The van der Waals surface area contributed by atoms with Crippen LogP contribution in [0, 0.1) is 0 Å². The largest absolute Gasteiger partial charge is 0.492 e. The second-order valence-corrected chi connectivity index (χ2v) is 13.5. The molecular weight excluding hydrogens is 662 g/mol. The highest BCUT2D eigenvalue weighted by Crippen LogP contribution is 2.31. The van der Waals surface area contributed by atoms with Gasteiger partial charge in [0.25, 0.3) is 0 Å².